The quantitative estimate of drug-likeness (QED) is 0.726. The number of rotatable bonds is 4. The van der Waals surface area contributed by atoms with Gasteiger partial charge in [0.25, 0.3) is 5.89 Å². The highest BCUT2D eigenvalue weighted by Gasteiger charge is 2.11. The van der Waals surface area contributed by atoms with Crippen molar-refractivity contribution in [1.82, 2.24) is 10.2 Å². The van der Waals surface area contributed by atoms with Gasteiger partial charge in [-0.1, -0.05) is 36.4 Å². The topological polar surface area (TPSA) is 48.2 Å². The summed E-state index contributed by atoms with van der Waals surface area (Å²) in [5.74, 6) is 1.82. The average Bonchev–Trinajstić information content (AvgIpc) is 2.96. The molecule has 0 aliphatic carbocycles. The van der Waals surface area contributed by atoms with Gasteiger partial charge in [0, 0.05) is 5.56 Å². The van der Waals surface area contributed by atoms with Gasteiger partial charge < -0.3 is 9.15 Å². The Labute approximate surface area is 123 Å². The SMILES string of the molecule is Cc1ccccc1OCc1nnc(-c2ccccc2C)o1. The molecule has 0 fully saturated rings. The van der Waals surface area contributed by atoms with E-state index in [0.29, 0.717) is 11.8 Å². The molecule has 0 atom stereocenters. The van der Waals surface area contributed by atoms with Crippen molar-refractivity contribution in [1.29, 1.82) is 0 Å². The van der Waals surface area contributed by atoms with Gasteiger partial charge in [0.2, 0.25) is 5.89 Å². The number of nitrogens with zero attached hydrogens (tertiary/aromatic N) is 2. The molecule has 1 aromatic heterocycles. The summed E-state index contributed by atoms with van der Waals surface area (Å²) < 4.78 is 11.4. The fourth-order valence-corrected chi connectivity index (χ4v) is 2.09. The fraction of sp³-hybridized carbons (Fsp3) is 0.176. The summed E-state index contributed by atoms with van der Waals surface area (Å²) in [5.41, 5.74) is 3.14. The lowest BCUT2D eigenvalue weighted by molar-refractivity contribution is 0.263. The number of aryl methyl sites for hydroxylation is 2. The normalized spacial score (nSPS) is 10.6. The maximum absolute atomic E-state index is 5.71. The molecule has 21 heavy (non-hydrogen) atoms. The van der Waals surface area contributed by atoms with Crippen molar-refractivity contribution in [2.24, 2.45) is 0 Å². The van der Waals surface area contributed by atoms with Crippen LogP contribution in [0.4, 0.5) is 0 Å². The molecule has 2 aromatic carbocycles. The van der Waals surface area contributed by atoms with Gasteiger partial charge in [-0.2, -0.15) is 0 Å². The summed E-state index contributed by atoms with van der Waals surface area (Å²) in [7, 11) is 0. The highest BCUT2D eigenvalue weighted by molar-refractivity contribution is 5.57. The van der Waals surface area contributed by atoms with Gasteiger partial charge in [-0.25, -0.2) is 0 Å². The largest absolute Gasteiger partial charge is 0.484 e. The number of aromatic nitrogens is 2. The minimum Gasteiger partial charge on any atom is -0.484 e. The van der Waals surface area contributed by atoms with Crippen LogP contribution >= 0.6 is 0 Å². The Morgan fingerprint density at radius 2 is 1.62 bits per heavy atom. The van der Waals surface area contributed by atoms with E-state index in [2.05, 4.69) is 10.2 Å². The zero-order valence-electron chi connectivity index (χ0n) is 12.0. The molecule has 0 radical (unpaired) electrons. The van der Waals surface area contributed by atoms with Crippen molar-refractivity contribution in [2.75, 3.05) is 0 Å². The minimum atomic E-state index is 0.268. The molecular formula is C17H16N2O2. The predicted molar refractivity (Wildman–Crippen MR) is 80.0 cm³/mol. The Kier molecular flexibility index (Phi) is 3.69. The fourth-order valence-electron chi connectivity index (χ4n) is 2.09. The van der Waals surface area contributed by atoms with Crippen LogP contribution < -0.4 is 4.74 Å². The molecule has 0 saturated heterocycles. The van der Waals surface area contributed by atoms with Crippen LogP contribution in [0.3, 0.4) is 0 Å². The van der Waals surface area contributed by atoms with Crippen molar-refractivity contribution in [3.8, 4) is 17.2 Å². The Morgan fingerprint density at radius 1 is 0.905 bits per heavy atom. The third kappa shape index (κ3) is 2.94. The predicted octanol–water partition coefficient (Wildman–Crippen LogP) is 3.93. The molecule has 0 N–H and O–H groups in total. The molecule has 106 valence electrons. The molecule has 3 rings (SSSR count). The Hall–Kier alpha value is -2.62. The zero-order chi connectivity index (χ0) is 14.7. The first kappa shape index (κ1) is 13.4. The highest BCUT2D eigenvalue weighted by atomic mass is 16.5. The lowest BCUT2D eigenvalue weighted by Crippen LogP contribution is -1.97. The summed E-state index contributed by atoms with van der Waals surface area (Å²) in [6.45, 7) is 4.29. The molecule has 0 bridgehead atoms. The van der Waals surface area contributed by atoms with E-state index in [-0.39, 0.29) is 6.61 Å². The van der Waals surface area contributed by atoms with E-state index in [0.717, 1.165) is 22.4 Å². The lowest BCUT2D eigenvalue weighted by atomic mass is 10.1. The minimum absolute atomic E-state index is 0.268. The Balaban J connectivity index is 1.74. The number of hydrogen-bond acceptors (Lipinski definition) is 4. The molecule has 4 heteroatoms. The molecule has 0 saturated carbocycles. The van der Waals surface area contributed by atoms with E-state index >= 15 is 0 Å². The molecule has 0 aliphatic rings. The summed E-state index contributed by atoms with van der Waals surface area (Å²) in [6, 6.07) is 15.8. The van der Waals surface area contributed by atoms with E-state index in [1.54, 1.807) is 0 Å². The van der Waals surface area contributed by atoms with Crippen LogP contribution in [0.1, 0.15) is 17.0 Å². The molecule has 0 spiro atoms. The molecule has 4 nitrogen and oxygen atoms in total. The second-order valence-electron chi connectivity index (χ2n) is 4.87. The van der Waals surface area contributed by atoms with Crippen LogP contribution in [0.15, 0.2) is 52.9 Å². The summed E-state index contributed by atoms with van der Waals surface area (Å²) >= 11 is 0. The second-order valence-corrected chi connectivity index (χ2v) is 4.87. The molecule has 0 amide bonds. The zero-order valence-corrected chi connectivity index (χ0v) is 12.0. The molecule has 1 heterocycles. The van der Waals surface area contributed by atoms with E-state index in [9.17, 15) is 0 Å². The average molecular weight is 280 g/mol. The van der Waals surface area contributed by atoms with E-state index in [1.165, 1.54) is 0 Å². The van der Waals surface area contributed by atoms with Crippen LogP contribution in [-0.2, 0) is 6.61 Å². The molecule has 0 unspecified atom stereocenters. The van der Waals surface area contributed by atoms with Gasteiger partial charge in [0.1, 0.15) is 5.75 Å². The van der Waals surface area contributed by atoms with Crippen LogP contribution in [0, 0.1) is 13.8 Å². The maximum atomic E-state index is 5.71. The first-order chi connectivity index (χ1) is 10.2. The Morgan fingerprint density at radius 3 is 2.38 bits per heavy atom. The lowest BCUT2D eigenvalue weighted by Gasteiger charge is -2.05. The highest BCUT2D eigenvalue weighted by Crippen LogP contribution is 2.22. The number of para-hydroxylation sites is 1. The van der Waals surface area contributed by atoms with E-state index < -0.39 is 0 Å². The third-order valence-electron chi connectivity index (χ3n) is 3.29. The van der Waals surface area contributed by atoms with Crippen molar-refractivity contribution < 1.29 is 9.15 Å². The van der Waals surface area contributed by atoms with Crippen molar-refractivity contribution in [3.63, 3.8) is 0 Å². The van der Waals surface area contributed by atoms with Crippen molar-refractivity contribution >= 4 is 0 Å². The van der Waals surface area contributed by atoms with Crippen LogP contribution in [0.5, 0.6) is 5.75 Å². The molecule has 0 aliphatic heterocycles. The standard InChI is InChI=1S/C17H16N2O2/c1-12-7-3-5-9-14(12)17-19-18-16(21-17)11-20-15-10-6-4-8-13(15)2/h3-10H,11H2,1-2H3. The Bertz CT molecular complexity index is 750. The smallest absolute Gasteiger partial charge is 0.254 e. The number of ether oxygens (including phenoxy) is 1. The first-order valence-corrected chi connectivity index (χ1v) is 6.81. The third-order valence-corrected chi connectivity index (χ3v) is 3.29. The van der Waals surface area contributed by atoms with Gasteiger partial charge in [-0.05, 0) is 37.1 Å². The van der Waals surface area contributed by atoms with Gasteiger partial charge in [0.05, 0.1) is 0 Å². The summed E-state index contributed by atoms with van der Waals surface area (Å²) in [6.07, 6.45) is 0. The van der Waals surface area contributed by atoms with E-state index in [1.807, 2.05) is 62.4 Å². The van der Waals surface area contributed by atoms with E-state index in [4.69, 9.17) is 9.15 Å². The number of benzene rings is 2. The monoisotopic (exact) mass is 280 g/mol. The van der Waals surface area contributed by atoms with Gasteiger partial charge in [-0.15, -0.1) is 10.2 Å². The van der Waals surface area contributed by atoms with Crippen molar-refractivity contribution in [3.05, 3.63) is 65.5 Å². The maximum Gasteiger partial charge on any atom is 0.254 e. The van der Waals surface area contributed by atoms with Gasteiger partial charge in [-0.3, -0.25) is 0 Å². The van der Waals surface area contributed by atoms with Crippen LogP contribution in [-0.4, -0.2) is 10.2 Å². The first-order valence-electron chi connectivity index (χ1n) is 6.81. The summed E-state index contributed by atoms with van der Waals surface area (Å²) in [5, 5.41) is 8.12. The molecular weight excluding hydrogens is 264 g/mol. The van der Waals surface area contributed by atoms with Gasteiger partial charge >= 0.3 is 0 Å². The van der Waals surface area contributed by atoms with Crippen LogP contribution in [0.2, 0.25) is 0 Å². The van der Waals surface area contributed by atoms with Crippen molar-refractivity contribution in [2.45, 2.75) is 20.5 Å². The second kappa shape index (κ2) is 5.79. The van der Waals surface area contributed by atoms with Gasteiger partial charge in [0.15, 0.2) is 6.61 Å². The van der Waals surface area contributed by atoms with Crippen LogP contribution in [0.25, 0.3) is 11.5 Å². The summed E-state index contributed by atoms with van der Waals surface area (Å²) in [4.78, 5) is 0. The molecule has 3 aromatic rings. The number of hydrogen-bond donors (Lipinski definition) is 0.